The number of hydrogen-bond acceptors (Lipinski definition) is 6. The van der Waals surface area contributed by atoms with Crippen molar-refractivity contribution >= 4 is 40.9 Å². The Morgan fingerprint density at radius 2 is 1.98 bits per heavy atom. The van der Waals surface area contributed by atoms with Gasteiger partial charge in [-0.3, -0.25) is 9.78 Å². The van der Waals surface area contributed by atoms with Gasteiger partial charge in [0.05, 0.1) is 6.61 Å². The molecule has 4 N–H and O–H groups in total. The molecule has 1 fully saturated rings. The largest absolute Gasteiger partial charge is 0.493 e. The molecule has 3 aliphatic carbocycles. The fourth-order valence-corrected chi connectivity index (χ4v) is 9.68. The zero-order valence-corrected chi connectivity index (χ0v) is 29.7. The van der Waals surface area contributed by atoms with Gasteiger partial charge in [-0.05, 0) is 141 Å². The first-order chi connectivity index (χ1) is 23.1. The van der Waals surface area contributed by atoms with E-state index in [1.807, 2.05) is 24.4 Å². The number of rotatable bonds is 13. The molecule has 6 rings (SSSR count). The van der Waals surface area contributed by atoms with Crippen LogP contribution < -0.4 is 15.8 Å². The Morgan fingerprint density at radius 1 is 1.17 bits per heavy atom. The molecular formula is C39H48ClN3O4S. The average Bonchev–Trinajstić information content (AvgIpc) is 3.34. The Morgan fingerprint density at radius 3 is 2.73 bits per heavy atom. The van der Waals surface area contributed by atoms with Crippen LogP contribution in [0, 0.1) is 11.8 Å². The summed E-state index contributed by atoms with van der Waals surface area (Å²) in [7, 11) is 0. The molecule has 0 saturated heterocycles. The maximum Gasteiger partial charge on any atom is 0.329 e. The van der Waals surface area contributed by atoms with Crippen LogP contribution in [-0.4, -0.2) is 39.9 Å². The molecule has 0 radical (unpaired) electrons. The molecule has 1 aromatic heterocycles. The average molecular weight is 690 g/mol. The second-order valence-corrected chi connectivity index (χ2v) is 16.0. The number of pyridine rings is 1. The van der Waals surface area contributed by atoms with Gasteiger partial charge in [0.15, 0.2) is 0 Å². The first-order valence-electron chi connectivity index (χ1n) is 17.5. The van der Waals surface area contributed by atoms with Crippen LogP contribution in [0.15, 0.2) is 59.6 Å². The van der Waals surface area contributed by atoms with Gasteiger partial charge in [0.1, 0.15) is 11.3 Å². The molecule has 0 aliphatic heterocycles. The van der Waals surface area contributed by atoms with E-state index in [1.54, 1.807) is 23.9 Å². The molecule has 1 heterocycles. The predicted octanol–water partition coefficient (Wildman–Crippen LogP) is 8.56. The molecule has 9 heteroatoms. The normalized spacial score (nSPS) is 25.2. The summed E-state index contributed by atoms with van der Waals surface area (Å²) in [6, 6.07) is 16.2. The van der Waals surface area contributed by atoms with E-state index in [-0.39, 0.29) is 11.3 Å². The van der Waals surface area contributed by atoms with E-state index in [9.17, 15) is 14.7 Å². The van der Waals surface area contributed by atoms with Crippen molar-refractivity contribution in [3.05, 3.63) is 82.1 Å². The highest BCUT2D eigenvalue weighted by atomic mass is 35.5. The standard InChI is InChI=1S/C39H48ClN3O4S/c1-25(24-47-34-13-18-42-33-9-3-6-26(2)36(33)34)20-28-21-27-11-12-31(48-19-5-10-35(41)44)23-32(27)38(28)14-16-39(17-15-38,37(45)46)43-30-8-4-7-29(40)22-30/h4,7-8,11-13,18,22-23,25-26,28,43H,3,5-6,9-10,14-17,19-21,24H2,1-2H3,(H2,41,44)(H,45,46)/t25-,26-,28+,38?,39?/m1/s1. The lowest BCUT2D eigenvalue weighted by molar-refractivity contribution is -0.144. The number of nitrogens with zero attached hydrogens (tertiary/aromatic N) is 1. The number of amides is 1. The Hall–Kier alpha value is -3.23. The molecular weight excluding hydrogens is 642 g/mol. The molecule has 1 saturated carbocycles. The molecule has 0 bridgehead atoms. The lowest BCUT2D eigenvalue weighted by Gasteiger charge is -2.47. The van der Waals surface area contributed by atoms with Crippen LogP contribution >= 0.6 is 23.4 Å². The van der Waals surface area contributed by atoms with Crippen LogP contribution in [0.3, 0.4) is 0 Å². The van der Waals surface area contributed by atoms with Crippen molar-refractivity contribution in [1.29, 1.82) is 0 Å². The van der Waals surface area contributed by atoms with Crippen molar-refractivity contribution in [2.45, 2.75) is 106 Å². The SMILES string of the molecule is C[C@@H](COc1ccnc2c1[C@H](C)CCC2)C[C@H]1Cc2ccc(SCCCC(N)=O)cc2C12CCC(Nc1cccc(Cl)c1)(C(=O)O)CC2. The second-order valence-electron chi connectivity index (χ2n) is 14.4. The monoisotopic (exact) mass is 689 g/mol. The minimum atomic E-state index is -1.06. The number of fused-ring (bicyclic) bond motifs is 3. The molecule has 3 aliphatic rings. The molecule has 1 amide bonds. The van der Waals surface area contributed by atoms with E-state index in [0.29, 0.717) is 48.6 Å². The topological polar surface area (TPSA) is 115 Å². The number of aromatic nitrogens is 1. The number of aliphatic carboxylic acids is 1. The number of carboxylic acid groups (broad SMARTS) is 1. The maximum atomic E-state index is 12.9. The number of carboxylic acids is 1. The van der Waals surface area contributed by atoms with Crippen LogP contribution in [0.2, 0.25) is 5.02 Å². The van der Waals surface area contributed by atoms with Crippen molar-refractivity contribution in [3.63, 3.8) is 0 Å². The highest BCUT2D eigenvalue weighted by Gasteiger charge is 2.54. The van der Waals surface area contributed by atoms with Gasteiger partial charge < -0.3 is 20.9 Å². The lowest BCUT2D eigenvalue weighted by atomic mass is 9.59. The van der Waals surface area contributed by atoms with Gasteiger partial charge in [0.25, 0.3) is 0 Å². The van der Waals surface area contributed by atoms with Crippen LogP contribution in [0.25, 0.3) is 0 Å². The number of hydrogen-bond donors (Lipinski definition) is 3. The second kappa shape index (κ2) is 14.7. The minimum absolute atomic E-state index is 0.118. The van der Waals surface area contributed by atoms with Gasteiger partial charge in [0.2, 0.25) is 5.91 Å². The summed E-state index contributed by atoms with van der Waals surface area (Å²) >= 11 is 8.03. The van der Waals surface area contributed by atoms with Crippen molar-refractivity contribution < 1.29 is 19.4 Å². The minimum Gasteiger partial charge on any atom is -0.493 e. The number of anilines is 1. The number of carbonyl (C=O) groups is 2. The maximum absolute atomic E-state index is 12.9. The van der Waals surface area contributed by atoms with E-state index < -0.39 is 11.5 Å². The van der Waals surface area contributed by atoms with Crippen molar-refractivity contribution in [2.75, 3.05) is 17.7 Å². The number of thioether (sulfide) groups is 1. The molecule has 256 valence electrons. The molecule has 48 heavy (non-hydrogen) atoms. The van der Waals surface area contributed by atoms with Gasteiger partial charge in [-0.2, -0.15) is 0 Å². The number of nitrogens with two attached hydrogens (primary N) is 1. The van der Waals surface area contributed by atoms with Crippen LogP contribution in [0.1, 0.15) is 99.9 Å². The third kappa shape index (κ3) is 7.35. The third-order valence-electron chi connectivity index (χ3n) is 11.1. The van der Waals surface area contributed by atoms with Crippen molar-refractivity contribution in [3.8, 4) is 5.75 Å². The van der Waals surface area contributed by atoms with Gasteiger partial charge in [-0.15, -0.1) is 11.8 Å². The summed E-state index contributed by atoms with van der Waals surface area (Å²) < 4.78 is 6.56. The van der Waals surface area contributed by atoms with Gasteiger partial charge >= 0.3 is 5.97 Å². The van der Waals surface area contributed by atoms with E-state index >= 15 is 0 Å². The fraction of sp³-hybridized carbons (Fsp3) is 0.513. The van der Waals surface area contributed by atoms with E-state index in [1.165, 1.54) is 40.1 Å². The Labute approximate surface area is 293 Å². The summed E-state index contributed by atoms with van der Waals surface area (Å²) in [5.74, 6) is 1.89. The van der Waals surface area contributed by atoms with E-state index in [0.717, 1.165) is 55.7 Å². The quantitative estimate of drug-likeness (QED) is 0.122. The Kier molecular flexibility index (Phi) is 10.6. The molecule has 7 nitrogen and oxygen atoms in total. The number of primary amides is 1. The Balaban J connectivity index is 1.22. The van der Waals surface area contributed by atoms with Crippen LogP contribution in [0.4, 0.5) is 5.69 Å². The summed E-state index contributed by atoms with van der Waals surface area (Å²) in [5, 5.41) is 14.6. The fourth-order valence-electron chi connectivity index (χ4n) is 8.60. The smallest absolute Gasteiger partial charge is 0.329 e. The zero-order valence-electron chi connectivity index (χ0n) is 28.1. The number of carbonyl (C=O) groups excluding carboxylic acids is 1. The van der Waals surface area contributed by atoms with Crippen LogP contribution in [0.5, 0.6) is 5.75 Å². The number of halogens is 1. The lowest BCUT2D eigenvalue weighted by Crippen LogP contribution is -2.53. The molecule has 0 unspecified atom stereocenters. The highest BCUT2D eigenvalue weighted by Crippen LogP contribution is 2.56. The number of nitrogens with one attached hydrogen (secondary N) is 1. The van der Waals surface area contributed by atoms with E-state index in [4.69, 9.17) is 22.1 Å². The first-order valence-corrected chi connectivity index (χ1v) is 18.9. The van der Waals surface area contributed by atoms with Gasteiger partial charge in [-0.25, -0.2) is 4.79 Å². The summed E-state index contributed by atoms with van der Waals surface area (Å²) in [6.07, 6.45) is 11.0. The molecule has 2 aromatic carbocycles. The molecule has 3 aromatic rings. The molecule has 3 atom stereocenters. The summed E-state index contributed by atoms with van der Waals surface area (Å²) in [4.78, 5) is 30.0. The predicted molar refractivity (Wildman–Crippen MR) is 193 cm³/mol. The highest BCUT2D eigenvalue weighted by molar-refractivity contribution is 7.99. The number of benzene rings is 2. The molecule has 1 spiro atoms. The summed E-state index contributed by atoms with van der Waals surface area (Å²) in [5.41, 5.74) is 10.1. The summed E-state index contributed by atoms with van der Waals surface area (Å²) in [6.45, 7) is 5.21. The third-order valence-corrected chi connectivity index (χ3v) is 12.4. The van der Waals surface area contributed by atoms with Crippen LogP contribution in [-0.2, 0) is 27.8 Å². The van der Waals surface area contributed by atoms with Gasteiger partial charge in [0, 0.05) is 39.5 Å². The van der Waals surface area contributed by atoms with Crippen molar-refractivity contribution in [2.24, 2.45) is 17.6 Å². The van der Waals surface area contributed by atoms with Crippen molar-refractivity contribution in [1.82, 2.24) is 4.98 Å². The first kappa shape index (κ1) is 34.6. The van der Waals surface area contributed by atoms with Gasteiger partial charge in [-0.1, -0.05) is 37.6 Å². The number of aryl methyl sites for hydroxylation is 1. The van der Waals surface area contributed by atoms with E-state index in [2.05, 4.69) is 42.3 Å². The number of ether oxygens (including phenoxy) is 1. The Bertz CT molecular complexity index is 1640. The zero-order chi connectivity index (χ0) is 33.9.